The van der Waals surface area contributed by atoms with Crippen LogP contribution in [0.2, 0.25) is 0 Å². The predicted molar refractivity (Wildman–Crippen MR) is 304 cm³/mol. The Balaban J connectivity index is 1.49. The van der Waals surface area contributed by atoms with Crippen molar-refractivity contribution in [3.63, 3.8) is 0 Å². The first-order valence-electron chi connectivity index (χ1n) is 26.4. The van der Waals surface area contributed by atoms with Crippen molar-refractivity contribution in [1.82, 2.24) is 16.0 Å². The van der Waals surface area contributed by atoms with Crippen LogP contribution in [-0.2, 0) is 19.2 Å². The molecule has 20 N–H and O–H groups in total. The SMILES string of the molecule is COc1ccc(NC(=O)C(N)CCCCN)cc1OC(O)NC(CCCCN)C(=O)Nc1ccc(OC)c(C(=O)NC(CCCCN)C(=O)Nc2cccc(C(=O)NC(CCCCN)C(=O)Nc3ccc(OC)c(C(N)=O)c3)c2)c1. The molecule has 0 heterocycles. The molecule has 0 aromatic heterocycles. The maximum absolute atomic E-state index is 14.2. The number of aliphatic hydroxyl groups is 1. The second-order valence-corrected chi connectivity index (χ2v) is 18.6. The van der Waals surface area contributed by atoms with Crippen LogP contribution in [-0.4, -0.2) is 125 Å². The van der Waals surface area contributed by atoms with Crippen LogP contribution in [0.25, 0.3) is 0 Å². The highest BCUT2D eigenvalue weighted by Crippen LogP contribution is 2.31. The Labute approximate surface area is 465 Å². The summed E-state index contributed by atoms with van der Waals surface area (Å²) in [7, 11) is 4.13. The molecule has 0 aliphatic heterocycles. The van der Waals surface area contributed by atoms with Gasteiger partial charge in [-0.1, -0.05) is 18.9 Å². The summed E-state index contributed by atoms with van der Waals surface area (Å²) in [6, 6.07) is 15.3. The fourth-order valence-electron chi connectivity index (χ4n) is 8.20. The molecule has 436 valence electrons. The molecule has 5 atom stereocenters. The molecule has 0 aliphatic carbocycles. The van der Waals surface area contributed by atoms with Gasteiger partial charge in [0.05, 0.1) is 44.5 Å². The zero-order valence-corrected chi connectivity index (χ0v) is 45.6. The third-order valence-electron chi connectivity index (χ3n) is 12.6. The Morgan fingerprint density at radius 1 is 0.475 bits per heavy atom. The summed E-state index contributed by atoms with van der Waals surface area (Å²) < 4.78 is 21.9. The van der Waals surface area contributed by atoms with Gasteiger partial charge >= 0.3 is 0 Å². The lowest BCUT2D eigenvalue weighted by Crippen LogP contribution is -2.48. The largest absolute Gasteiger partial charge is 0.496 e. The molecule has 0 spiro atoms. The topological polar surface area (TPSA) is 417 Å². The number of aliphatic hydroxyl groups excluding tert-OH is 1. The number of unbranched alkanes of at least 4 members (excludes halogenated alkanes) is 4. The van der Waals surface area contributed by atoms with Crippen molar-refractivity contribution in [3.8, 4) is 23.0 Å². The molecular weight excluding hydrogens is 1030 g/mol. The number of nitrogens with one attached hydrogen (secondary N) is 7. The van der Waals surface area contributed by atoms with Gasteiger partial charge in [0.25, 0.3) is 24.1 Å². The smallest absolute Gasteiger partial charge is 0.257 e. The maximum atomic E-state index is 14.2. The molecule has 7 amide bonds. The summed E-state index contributed by atoms with van der Waals surface area (Å²) >= 11 is 0. The van der Waals surface area contributed by atoms with Crippen LogP contribution in [0.3, 0.4) is 0 Å². The van der Waals surface area contributed by atoms with Crippen LogP contribution >= 0.6 is 0 Å². The highest BCUT2D eigenvalue weighted by Gasteiger charge is 2.28. The van der Waals surface area contributed by atoms with E-state index in [0.29, 0.717) is 83.2 Å². The maximum Gasteiger partial charge on any atom is 0.257 e. The molecule has 5 unspecified atom stereocenters. The fourth-order valence-corrected chi connectivity index (χ4v) is 8.20. The number of amides is 7. The lowest BCUT2D eigenvalue weighted by Gasteiger charge is -2.24. The number of benzene rings is 4. The standard InChI is InChI=1S/C55H79N13O12/c1-77-44-22-19-35(30-38(44)48(61)69)64-52(73)41(16-5-9-26-57)66-49(70)33-13-12-14-34(29-33)63-53(74)42(17-6-10-27-58)67-50(71)39-31-36(20-23-45(39)78-2)65-54(75)43(18-7-11-28-59)68-55(76)80-47-32-37(21-24-46(47)79-3)62-51(72)40(60)15-4-8-25-56/h12-14,19-24,29-32,40-43,55,68,76H,4-11,15-18,25-28,56-60H2,1-3H3,(H2,61,69)(H,62,72)(H,63,74)(H,64,73)(H,65,75)(H,66,70)(H,67,71). The minimum atomic E-state index is -1.77. The van der Waals surface area contributed by atoms with Gasteiger partial charge in [0, 0.05) is 34.4 Å². The van der Waals surface area contributed by atoms with Gasteiger partial charge in [-0.05, 0) is 157 Å². The molecular formula is C55H79N13O12. The monoisotopic (exact) mass is 1110 g/mol. The minimum absolute atomic E-state index is 0.0301. The summed E-state index contributed by atoms with van der Waals surface area (Å²) in [5, 5.41) is 30.5. The quantitative estimate of drug-likeness (QED) is 0.0229. The third-order valence-corrected chi connectivity index (χ3v) is 12.6. The molecule has 25 heteroatoms. The Morgan fingerprint density at radius 2 is 0.900 bits per heavy atom. The molecule has 0 radical (unpaired) electrons. The summed E-state index contributed by atoms with van der Waals surface area (Å²) in [4.78, 5) is 94.3. The van der Waals surface area contributed by atoms with Gasteiger partial charge in [-0.2, -0.15) is 0 Å². The lowest BCUT2D eigenvalue weighted by molar-refractivity contribution is -0.122. The van der Waals surface area contributed by atoms with Crippen molar-refractivity contribution in [2.45, 2.75) is 108 Å². The van der Waals surface area contributed by atoms with Gasteiger partial charge < -0.3 is 90.4 Å². The Morgan fingerprint density at radius 3 is 1.41 bits per heavy atom. The van der Waals surface area contributed by atoms with E-state index in [-0.39, 0.29) is 76.0 Å². The minimum Gasteiger partial charge on any atom is -0.496 e. The van der Waals surface area contributed by atoms with Crippen molar-refractivity contribution in [3.05, 3.63) is 95.6 Å². The number of nitrogens with two attached hydrogens (primary N) is 6. The van der Waals surface area contributed by atoms with Crippen molar-refractivity contribution in [2.24, 2.45) is 34.4 Å². The van der Waals surface area contributed by atoms with E-state index in [0.717, 1.165) is 6.42 Å². The second-order valence-electron chi connectivity index (χ2n) is 18.6. The van der Waals surface area contributed by atoms with Crippen molar-refractivity contribution in [2.75, 3.05) is 68.8 Å². The molecule has 0 bridgehead atoms. The number of methoxy groups -OCH3 is 3. The number of carbonyl (C=O) groups excluding carboxylic acids is 7. The molecule has 4 rings (SSSR count). The molecule has 0 saturated heterocycles. The first-order valence-corrected chi connectivity index (χ1v) is 26.4. The second kappa shape index (κ2) is 34.2. The van der Waals surface area contributed by atoms with Crippen LogP contribution in [0.5, 0.6) is 23.0 Å². The van der Waals surface area contributed by atoms with Crippen molar-refractivity contribution < 1.29 is 57.6 Å². The van der Waals surface area contributed by atoms with Crippen molar-refractivity contribution in [1.29, 1.82) is 0 Å². The van der Waals surface area contributed by atoms with E-state index >= 15 is 0 Å². The van der Waals surface area contributed by atoms with E-state index in [9.17, 15) is 38.7 Å². The number of primary amides is 1. The fraction of sp³-hybridized carbons (Fsp3) is 0.436. The number of anilines is 4. The number of hydrogen-bond acceptors (Lipinski definition) is 18. The average molecular weight is 1110 g/mol. The van der Waals surface area contributed by atoms with E-state index in [1.807, 2.05) is 0 Å². The highest BCUT2D eigenvalue weighted by molar-refractivity contribution is 6.06. The molecule has 0 aliphatic rings. The number of ether oxygens (including phenoxy) is 4. The van der Waals surface area contributed by atoms with Crippen LogP contribution in [0.15, 0.2) is 78.9 Å². The van der Waals surface area contributed by atoms with Crippen LogP contribution in [0.4, 0.5) is 22.7 Å². The highest BCUT2D eigenvalue weighted by atomic mass is 16.6. The van der Waals surface area contributed by atoms with Gasteiger partial charge in [-0.25, -0.2) is 5.32 Å². The summed E-state index contributed by atoms with van der Waals surface area (Å²) in [5.41, 5.74) is 35.5. The Hall–Kier alpha value is -7.91. The zero-order chi connectivity index (χ0) is 58.6. The number of rotatable bonds is 36. The molecule has 0 fully saturated rings. The van der Waals surface area contributed by atoms with E-state index in [1.165, 1.54) is 82.0 Å². The van der Waals surface area contributed by atoms with E-state index in [2.05, 4.69) is 37.2 Å². The van der Waals surface area contributed by atoms with E-state index in [1.54, 1.807) is 18.2 Å². The number of hydrogen-bond donors (Lipinski definition) is 14. The molecule has 0 saturated carbocycles. The summed E-state index contributed by atoms with van der Waals surface area (Å²) in [6.45, 7) is 1.52. The van der Waals surface area contributed by atoms with Crippen LogP contribution < -0.4 is 90.6 Å². The van der Waals surface area contributed by atoms with Gasteiger partial charge in [0.2, 0.25) is 23.6 Å². The molecule has 80 heavy (non-hydrogen) atoms. The van der Waals surface area contributed by atoms with Gasteiger partial charge in [0.15, 0.2) is 11.5 Å². The summed E-state index contributed by atoms with van der Waals surface area (Å²) in [5.74, 6) is -3.73. The van der Waals surface area contributed by atoms with Gasteiger partial charge in [-0.3, -0.25) is 33.6 Å². The van der Waals surface area contributed by atoms with Gasteiger partial charge in [0.1, 0.15) is 23.6 Å². The first-order chi connectivity index (χ1) is 38.5. The average Bonchev–Trinajstić information content (AvgIpc) is 3.47. The van der Waals surface area contributed by atoms with Gasteiger partial charge in [-0.15, -0.1) is 0 Å². The molecule has 25 nitrogen and oxygen atoms in total. The first kappa shape index (κ1) is 64.6. The lowest BCUT2D eigenvalue weighted by atomic mass is 10.1. The zero-order valence-electron chi connectivity index (χ0n) is 45.6. The number of carbonyl (C=O) groups is 7. The van der Waals surface area contributed by atoms with Crippen LogP contribution in [0.1, 0.15) is 108 Å². The van der Waals surface area contributed by atoms with E-state index < -0.39 is 71.9 Å². The predicted octanol–water partition coefficient (Wildman–Crippen LogP) is 2.32. The van der Waals surface area contributed by atoms with E-state index in [4.69, 9.17) is 53.3 Å². The Bertz CT molecular complexity index is 2700. The third kappa shape index (κ3) is 20.7. The summed E-state index contributed by atoms with van der Waals surface area (Å²) in [6.07, 6.45) is 3.79. The van der Waals surface area contributed by atoms with Crippen molar-refractivity contribution >= 4 is 64.1 Å². The molecule has 4 aromatic rings. The molecule has 4 aromatic carbocycles. The van der Waals surface area contributed by atoms with Crippen LogP contribution in [0, 0.1) is 0 Å². The normalized spacial score (nSPS) is 12.8. The Kier molecular flexibility index (Phi) is 27.6.